The normalized spacial score (nSPS) is 10.8. The first kappa shape index (κ1) is 13.6. The highest BCUT2D eigenvalue weighted by atomic mass is 79.9. The minimum Gasteiger partial charge on any atom is -0.339 e. The van der Waals surface area contributed by atoms with Gasteiger partial charge in [-0.2, -0.15) is 4.98 Å². The second-order valence-electron chi connectivity index (χ2n) is 3.74. The second kappa shape index (κ2) is 6.40. The van der Waals surface area contributed by atoms with Crippen molar-refractivity contribution in [3.63, 3.8) is 0 Å². The lowest BCUT2D eigenvalue weighted by Gasteiger charge is -1.97. The van der Waals surface area contributed by atoms with E-state index in [9.17, 15) is 0 Å². The van der Waals surface area contributed by atoms with Gasteiger partial charge in [-0.3, -0.25) is 4.98 Å². The highest BCUT2D eigenvalue weighted by molar-refractivity contribution is 9.11. The Bertz CT molecular complexity index is 530. The molecule has 2 aromatic rings. The highest BCUT2D eigenvalue weighted by Crippen LogP contribution is 2.26. The molecule has 2 rings (SSSR count). The van der Waals surface area contributed by atoms with Gasteiger partial charge in [-0.15, -0.1) is 0 Å². The lowest BCUT2D eigenvalue weighted by atomic mass is 10.2. The van der Waals surface area contributed by atoms with Crippen LogP contribution >= 0.6 is 31.9 Å². The summed E-state index contributed by atoms with van der Waals surface area (Å²) >= 11 is 6.77. The number of hydrogen-bond acceptors (Lipinski definition) is 5. The first-order valence-electron chi connectivity index (χ1n) is 5.55. The number of aryl methyl sites for hydroxylation is 1. The summed E-state index contributed by atoms with van der Waals surface area (Å²) in [4.78, 5) is 8.58. The predicted molar refractivity (Wildman–Crippen MR) is 74.9 cm³/mol. The Kier molecular flexibility index (Phi) is 4.85. The SMILES string of the molecule is NCCCCc1nc(-c2ncc(Br)cc2Br)no1. The molecule has 5 nitrogen and oxygen atoms in total. The van der Waals surface area contributed by atoms with Gasteiger partial charge in [0.15, 0.2) is 0 Å². The monoisotopic (exact) mass is 374 g/mol. The summed E-state index contributed by atoms with van der Waals surface area (Å²) in [6.45, 7) is 0.681. The van der Waals surface area contributed by atoms with Crippen molar-refractivity contribution in [1.29, 1.82) is 0 Å². The van der Waals surface area contributed by atoms with Gasteiger partial charge < -0.3 is 10.3 Å². The molecule has 7 heteroatoms. The van der Waals surface area contributed by atoms with Crippen molar-refractivity contribution in [2.24, 2.45) is 5.73 Å². The van der Waals surface area contributed by atoms with E-state index in [2.05, 4.69) is 47.0 Å². The first-order chi connectivity index (χ1) is 8.70. The fourth-order valence-corrected chi connectivity index (χ4v) is 2.62. The Morgan fingerprint density at radius 2 is 2.11 bits per heavy atom. The standard InChI is InChI=1S/C11H12Br2N4O/c12-7-5-8(13)10(15-6-7)11-16-9(18-17-11)3-1-2-4-14/h5-6H,1-4,14H2. The molecule has 0 unspecified atom stereocenters. The molecule has 18 heavy (non-hydrogen) atoms. The van der Waals surface area contributed by atoms with Crippen molar-refractivity contribution in [3.8, 4) is 11.5 Å². The first-order valence-corrected chi connectivity index (χ1v) is 7.13. The molecule has 0 amide bonds. The quantitative estimate of drug-likeness (QED) is 0.813. The lowest BCUT2D eigenvalue weighted by molar-refractivity contribution is 0.375. The zero-order valence-corrected chi connectivity index (χ0v) is 12.7. The van der Waals surface area contributed by atoms with Gasteiger partial charge in [-0.05, 0) is 57.3 Å². The maximum absolute atomic E-state index is 5.44. The van der Waals surface area contributed by atoms with E-state index in [4.69, 9.17) is 10.3 Å². The molecule has 2 N–H and O–H groups in total. The topological polar surface area (TPSA) is 77.8 Å². The second-order valence-corrected chi connectivity index (χ2v) is 5.51. The third-order valence-electron chi connectivity index (χ3n) is 2.33. The van der Waals surface area contributed by atoms with Crippen molar-refractivity contribution in [3.05, 3.63) is 27.1 Å². The van der Waals surface area contributed by atoms with E-state index in [0.29, 0.717) is 24.0 Å². The number of hydrogen-bond donors (Lipinski definition) is 1. The van der Waals surface area contributed by atoms with E-state index >= 15 is 0 Å². The fourth-order valence-electron chi connectivity index (χ4n) is 1.45. The van der Waals surface area contributed by atoms with Gasteiger partial charge in [-0.1, -0.05) is 5.16 Å². The number of halogens is 2. The fraction of sp³-hybridized carbons (Fsp3) is 0.364. The molecular formula is C11H12Br2N4O. The van der Waals surface area contributed by atoms with Gasteiger partial charge in [-0.25, -0.2) is 0 Å². The number of aromatic nitrogens is 3. The van der Waals surface area contributed by atoms with Crippen LogP contribution in [0.2, 0.25) is 0 Å². The Labute approximate surface area is 121 Å². The van der Waals surface area contributed by atoms with E-state index in [1.54, 1.807) is 6.20 Å². The van der Waals surface area contributed by atoms with Gasteiger partial charge in [0.1, 0.15) is 5.69 Å². The van der Waals surface area contributed by atoms with E-state index in [1.165, 1.54) is 0 Å². The van der Waals surface area contributed by atoms with Crippen LogP contribution in [0.25, 0.3) is 11.5 Å². The average Bonchev–Trinajstić information content (AvgIpc) is 2.78. The van der Waals surface area contributed by atoms with Crippen molar-refractivity contribution in [2.75, 3.05) is 6.54 Å². The third kappa shape index (κ3) is 3.37. The molecule has 0 fully saturated rings. The summed E-state index contributed by atoms with van der Waals surface area (Å²) in [7, 11) is 0. The minimum atomic E-state index is 0.497. The van der Waals surface area contributed by atoms with Crippen molar-refractivity contribution in [2.45, 2.75) is 19.3 Å². The van der Waals surface area contributed by atoms with Crippen LogP contribution < -0.4 is 5.73 Å². The van der Waals surface area contributed by atoms with Crippen molar-refractivity contribution >= 4 is 31.9 Å². The molecule has 0 bridgehead atoms. The molecule has 0 aliphatic carbocycles. The van der Waals surface area contributed by atoms with Crippen LogP contribution in [0, 0.1) is 0 Å². The third-order valence-corrected chi connectivity index (χ3v) is 3.37. The van der Waals surface area contributed by atoms with Crippen LogP contribution in [0.5, 0.6) is 0 Å². The predicted octanol–water partition coefficient (Wildman–Crippen LogP) is 2.94. The van der Waals surface area contributed by atoms with E-state index in [1.807, 2.05) is 6.07 Å². The number of pyridine rings is 1. The van der Waals surface area contributed by atoms with E-state index in [-0.39, 0.29) is 0 Å². The van der Waals surface area contributed by atoms with Gasteiger partial charge in [0.05, 0.1) is 0 Å². The summed E-state index contributed by atoms with van der Waals surface area (Å²) in [6.07, 6.45) is 4.36. The maximum Gasteiger partial charge on any atom is 0.227 e. The highest BCUT2D eigenvalue weighted by Gasteiger charge is 2.13. The summed E-state index contributed by atoms with van der Waals surface area (Å²) < 4.78 is 6.89. The molecule has 96 valence electrons. The van der Waals surface area contributed by atoms with Crippen LogP contribution in [0.1, 0.15) is 18.7 Å². The molecule has 0 saturated carbocycles. The Morgan fingerprint density at radius 1 is 1.28 bits per heavy atom. The number of nitrogens with two attached hydrogens (primary N) is 1. The summed E-state index contributed by atoms with van der Waals surface area (Å²) in [5.74, 6) is 1.12. The lowest BCUT2D eigenvalue weighted by Crippen LogP contribution is -1.99. The van der Waals surface area contributed by atoms with Crippen LogP contribution in [0.3, 0.4) is 0 Å². The molecule has 2 aromatic heterocycles. The van der Waals surface area contributed by atoms with Gasteiger partial charge in [0, 0.05) is 21.6 Å². The number of rotatable bonds is 5. The molecule has 0 atom stereocenters. The average molecular weight is 376 g/mol. The summed E-state index contributed by atoms with van der Waals surface area (Å²) in [5.41, 5.74) is 6.11. The molecular weight excluding hydrogens is 364 g/mol. The van der Waals surface area contributed by atoms with Crippen LogP contribution in [-0.2, 0) is 6.42 Å². The summed E-state index contributed by atoms with van der Waals surface area (Å²) in [6, 6.07) is 1.90. The Balaban J connectivity index is 2.13. The zero-order valence-electron chi connectivity index (χ0n) is 9.57. The molecule has 0 aromatic carbocycles. The van der Waals surface area contributed by atoms with Crippen molar-refractivity contribution < 1.29 is 4.52 Å². The maximum atomic E-state index is 5.44. The van der Waals surface area contributed by atoms with Crippen LogP contribution in [-0.4, -0.2) is 21.7 Å². The molecule has 0 radical (unpaired) electrons. The number of nitrogens with zero attached hydrogens (tertiary/aromatic N) is 3. The van der Waals surface area contributed by atoms with E-state index < -0.39 is 0 Å². The van der Waals surface area contributed by atoms with Crippen LogP contribution in [0.4, 0.5) is 0 Å². The zero-order chi connectivity index (χ0) is 13.0. The number of unbranched alkanes of at least 4 members (excludes halogenated alkanes) is 1. The summed E-state index contributed by atoms with van der Waals surface area (Å²) in [5, 5.41) is 3.93. The molecule has 0 aliphatic heterocycles. The molecule has 0 spiro atoms. The Hall–Kier alpha value is -0.790. The smallest absolute Gasteiger partial charge is 0.227 e. The largest absolute Gasteiger partial charge is 0.339 e. The molecule has 2 heterocycles. The molecule has 0 aliphatic rings. The molecule has 0 saturated heterocycles. The van der Waals surface area contributed by atoms with E-state index in [0.717, 1.165) is 28.2 Å². The van der Waals surface area contributed by atoms with Crippen molar-refractivity contribution in [1.82, 2.24) is 15.1 Å². The van der Waals surface area contributed by atoms with Gasteiger partial charge in [0.25, 0.3) is 0 Å². The van der Waals surface area contributed by atoms with Gasteiger partial charge in [0.2, 0.25) is 11.7 Å². The Morgan fingerprint density at radius 3 is 2.83 bits per heavy atom. The minimum absolute atomic E-state index is 0.497. The van der Waals surface area contributed by atoms with Gasteiger partial charge >= 0.3 is 0 Å². The van der Waals surface area contributed by atoms with Crippen LogP contribution in [0.15, 0.2) is 25.7 Å².